The van der Waals surface area contributed by atoms with Gasteiger partial charge in [-0.3, -0.25) is 9.59 Å². The Labute approximate surface area is 201 Å². The molecule has 0 bridgehead atoms. The van der Waals surface area contributed by atoms with Crippen LogP contribution in [-0.2, 0) is 26.0 Å². The Kier molecular flexibility index (Phi) is 5.98. The Morgan fingerprint density at radius 2 is 1.74 bits per heavy atom. The molecule has 34 heavy (non-hydrogen) atoms. The van der Waals surface area contributed by atoms with Gasteiger partial charge in [-0.25, -0.2) is 8.42 Å². The van der Waals surface area contributed by atoms with Crippen LogP contribution in [0.15, 0.2) is 47.4 Å². The van der Waals surface area contributed by atoms with Crippen molar-refractivity contribution in [2.24, 2.45) is 11.8 Å². The molecule has 2 atom stereocenters. The number of amides is 2. The van der Waals surface area contributed by atoms with Gasteiger partial charge in [0.1, 0.15) is 0 Å². The normalized spacial score (nSPS) is 22.9. The number of hydrogen-bond donors (Lipinski definition) is 1. The molecule has 1 aliphatic carbocycles. The summed E-state index contributed by atoms with van der Waals surface area (Å²) < 4.78 is 28.4. The van der Waals surface area contributed by atoms with Gasteiger partial charge in [-0.05, 0) is 81.8 Å². The summed E-state index contributed by atoms with van der Waals surface area (Å²) in [5.41, 5.74) is 3.55. The molecule has 2 aromatic rings. The molecular formula is C26H31N3O4S. The lowest BCUT2D eigenvalue weighted by Crippen LogP contribution is -2.43. The van der Waals surface area contributed by atoms with Gasteiger partial charge in [0.15, 0.2) is 0 Å². The fourth-order valence-corrected chi connectivity index (χ4v) is 6.61. The Morgan fingerprint density at radius 3 is 2.44 bits per heavy atom. The van der Waals surface area contributed by atoms with E-state index in [0.29, 0.717) is 31.5 Å². The number of aryl methyl sites for hydroxylation is 1. The summed E-state index contributed by atoms with van der Waals surface area (Å²) in [4.78, 5) is 27.6. The smallest absolute Gasteiger partial charge is 0.243 e. The van der Waals surface area contributed by atoms with Gasteiger partial charge < -0.3 is 10.2 Å². The molecule has 5 rings (SSSR count). The highest BCUT2D eigenvalue weighted by atomic mass is 32.2. The molecule has 2 aromatic carbocycles. The van der Waals surface area contributed by atoms with Crippen molar-refractivity contribution in [3.8, 4) is 0 Å². The largest absolute Gasteiger partial charge is 0.326 e. The van der Waals surface area contributed by atoms with Crippen molar-refractivity contribution < 1.29 is 18.0 Å². The van der Waals surface area contributed by atoms with E-state index in [1.54, 1.807) is 18.2 Å². The monoisotopic (exact) mass is 481 g/mol. The number of carbonyl (C=O) groups is 2. The molecule has 1 saturated carbocycles. The van der Waals surface area contributed by atoms with Gasteiger partial charge >= 0.3 is 0 Å². The first-order valence-corrected chi connectivity index (χ1v) is 13.5. The highest BCUT2D eigenvalue weighted by Crippen LogP contribution is 2.40. The first kappa shape index (κ1) is 23.1. The second-order valence-electron chi connectivity index (χ2n) is 9.88. The number of nitrogens with one attached hydrogen (secondary N) is 1. The number of anilines is 2. The fraction of sp³-hybridized carbons (Fsp3) is 0.462. The zero-order valence-electron chi connectivity index (χ0n) is 19.7. The molecule has 2 aliphatic heterocycles. The predicted octanol–water partition coefficient (Wildman–Crippen LogP) is 3.72. The molecule has 1 N–H and O–H groups in total. The van der Waals surface area contributed by atoms with Crippen LogP contribution in [0.25, 0.3) is 0 Å². The van der Waals surface area contributed by atoms with Crippen molar-refractivity contribution in [2.45, 2.75) is 56.9 Å². The van der Waals surface area contributed by atoms with Crippen molar-refractivity contribution in [1.82, 2.24) is 4.31 Å². The minimum Gasteiger partial charge on any atom is -0.326 e. The van der Waals surface area contributed by atoms with E-state index < -0.39 is 15.9 Å². The minimum atomic E-state index is -3.74. The van der Waals surface area contributed by atoms with Gasteiger partial charge in [-0.15, -0.1) is 0 Å². The third-order valence-electron chi connectivity index (χ3n) is 7.14. The predicted molar refractivity (Wildman–Crippen MR) is 131 cm³/mol. The maximum atomic E-state index is 13.5. The van der Waals surface area contributed by atoms with Crippen LogP contribution in [0.5, 0.6) is 0 Å². The summed E-state index contributed by atoms with van der Waals surface area (Å²) in [7, 11) is -3.74. The number of nitrogens with zero attached hydrogens (tertiary/aromatic N) is 2. The van der Waals surface area contributed by atoms with Crippen molar-refractivity contribution in [2.75, 3.05) is 23.3 Å². The second kappa shape index (κ2) is 8.82. The quantitative estimate of drug-likeness (QED) is 0.705. The third-order valence-corrected chi connectivity index (χ3v) is 9.00. The van der Waals surface area contributed by atoms with Gasteiger partial charge in [-0.2, -0.15) is 4.31 Å². The van der Waals surface area contributed by atoms with Gasteiger partial charge in [0.05, 0.1) is 10.8 Å². The Bertz CT molecular complexity index is 1220. The molecule has 2 heterocycles. The van der Waals surface area contributed by atoms with Crippen LogP contribution in [-0.4, -0.2) is 43.7 Å². The van der Waals surface area contributed by atoms with E-state index in [4.69, 9.17) is 0 Å². The Balaban J connectivity index is 1.31. The topological polar surface area (TPSA) is 86.8 Å². The number of sulfonamides is 1. The number of fused-ring (bicyclic) bond motifs is 1. The first-order chi connectivity index (χ1) is 16.2. The Hall–Kier alpha value is -2.71. The van der Waals surface area contributed by atoms with E-state index in [-0.39, 0.29) is 35.2 Å². The average Bonchev–Trinajstić information content (AvgIpc) is 3.62. The molecule has 2 unspecified atom stereocenters. The van der Waals surface area contributed by atoms with E-state index in [0.717, 1.165) is 29.7 Å². The minimum absolute atomic E-state index is 0.0332. The van der Waals surface area contributed by atoms with Crippen molar-refractivity contribution in [3.05, 3.63) is 53.6 Å². The van der Waals surface area contributed by atoms with Crippen molar-refractivity contribution >= 4 is 33.2 Å². The van der Waals surface area contributed by atoms with E-state index >= 15 is 0 Å². The van der Waals surface area contributed by atoms with Gasteiger partial charge in [0, 0.05) is 36.4 Å². The number of hydrogen-bond acceptors (Lipinski definition) is 4. The van der Waals surface area contributed by atoms with Crippen molar-refractivity contribution in [3.63, 3.8) is 0 Å². The molecule has 0 spiro atoms. The summed E-state index contributed by atoms with van der Waals surface area (Å²) in [6, 6.07) is 12.7. The second-order valence-corrected chi connectivity index (χ2v) is 11.8. The lowest BCUT2D eigenvalue weighted by molar-refractivity contribution is -0.121. The van der Waals surface area contributed by atoms with Crippen LogP contribution < -0.4 is 10.2 Å². The molecule has 1 saturated heterocycles. The fourth-order valence-electron chi connectivity index (χ4n) is 5.04. The lowest BCUT2D eigenvalue weighted by Gasteiger charge is -2.31. The van der Waals surface area contributed by atoms with Crippen LogP contribution in [0.3, 0.4) is 0 Å². The molecule has 8 heteroatoms. The van der Waals surface area contributed by atoms with Crippen LogP contribution in [0, 0.1) is 18.8 Å². The summed E-state index contributed by atoms with van der Waals surface area (Å²) in [6.07, 6.45) is 3.83. The third kappa shape index (κ3) is 4.36. The first-order valence-electron chi connectivity index (χ1n) is 12.1. The highest BCUT2D eigenvalue weighted by Gasteiger charge is 2.40. The number of rotatable bonds is 5. The van der Waals surface area contributed by atoms with E-state index in [2.05, 4.69) is 5.32 Å². The van der Waals surface area contributed by atoms with Crippen molar-refractivity contribution in [1.29, 1.82) is 0 Å². The molecule has 0 aromatic heterocycles. The molecule has 0 radical (unpaired) electrons. The van der Waals surface area contributed by atoms with Gasteiger partial charge in [0.2, 0.25) is 21.8 Å². The number of carbonyl (C=O) groups excluding carboxylic acids is 2. The molecular weight excluding hydrogens is 450 g/mol. The van der Waals surface area contributed by atoms with Crippen LogP contribution in [0.4, 0.5) is 11.4 Å². The number of benzene rings is 2. The van der Waals surface area contributed by atoms with E-state index in [9.17, 15) is 18.0 Å². The zero-order chi connectivity index (χ0) is 24.0. The average molecular weight is 482 g/mol. The van der Waals surface area contributed by atoms with E-state index in [1.165, 1.54) is 4.31 Å². The molecule has 3 aliphatic rings. The maximum absolute atomic E-state index is 13.5. The number of piperidine rings is 1. The zero-order valence-corrected chi connectivity index (χ0v) is 20.5. The van der Waals surface area contributed by atoms with Crippen LogP contribution >= 0.6 is 0 Å². The standard InChI is InChI=1S/C26H31N3O4S/c1-17-5-9-22(10-6-17)27-25(30)20-4-3-13-28(16-20)34(32,33)23-11-12-24-21(15-23)14-18(2)29(24)26(31)19-7-8-19/h5-6,9-12,15,18-20H,3-4,7-8,13-14,16H2,1-2H3,(H,27,30). The summed E-state index contributed by atoms with van der Waals surface area (Å²) >= 11 is 0. The van der Waals surface area contributed by atoms with Gasteiger partial charge in [0.25, 0.3) is 0 Å². The Morgan fingerprint density at radius 1 is 1.00 bits per heavy atom. The lowest BCUT2D eigenvalue weighted by atomic mass is 9.98. The molecule has 2 fully saturated rings. The van der Waals surface area contributed by atoms with Gasteiger partial charge in [-0.1, -0.05) is 17.7 Å². The summed E-state index contributed by atoms with van der Waals surface area (Å²) in [6.45, 7) is 4.56. The molecule has 180 valence electrons. The SMILES string of the molecule is Cc1ccc(NC(=O)C2CCCN(S(=O)(=O)c3ccc4c(c3)CC(C)N4C(=O)C3CC3)C2)cc1. The summed E-state index contributed by atoms with van der Waals surface area (Å²) in [5.74, 6) is -0.278. The van der Waals surface area contributed by atoms with Crippen LogP contribution in [0.2, 0.25) is 0 Å². The van der Waals surface area contributed by atoms with E-state index in [1.807, 2.05) is 43.0 Å². The molecule has 2 amide bonds. The van der Waals surface area contributed by atoms with Crippen LogP contribution in [0.1, 0.15) is 43.7 Å². The molecule has 7 nitrogen and oxygen atoms in total. The highest BCUT2D eigenvalue weighted by molar-refractivity contribution is 7.89. The summed E-state index contributed by atoms with van der Waals surface area (Å²) in [5, 5.41) is 2.92. The maximum Gasteiger partial charge on any atom is 0.243 e.